The van der Waals surface area contributed by atoms with Gasteiger partial charge in [-0.25, -0.2) is 18.1 Å². The molecule has 1 aromatic heterocycles. The lowest BCUT2D eigenvalue weighted by Gasteiger charge is -2.39. The Labute approximate surface area is 161 Å². The van der Waals surface area contributed by atoms with Crippen LogP contribution in [-0.4, -0.2) is 59.2 Å². The number of aromatic nitrogens is 2. The van der Waals surface area contributed by atoms with E-state index in [0.29, 0.717) is 19.6 Å². The van der Waals surface area contributed by atoms with E-state index < -0.39 is 14.6 Å². The Morgan fingerprint density at radius 3 is 2.67 bits per heavy atom. The highest BCUT2D eigenvalue weighted by Gasteiger charge is 2.40. The van der Waals surface area contributed by atoms with Crippen molar-refractivity contribution >= 4 is 15.8 Å². The van der Waals surface area contributed by atoms with Crippen molar-refractivity contribution in [3.63, 3.8) is 0 Å². The molecule has 7 nitrogen and oxygen atoms in total. The number of hydrogen-bond donors (Lipinski definition) is 1. The van der Waals surface area contributed by atoms with Gasteiger partial charge in [0.25, 0.3) is 0 Å². The van der Waals surface area contributed by atoms with E-state index in [0.717, 1.165) is 23.9 Å². The molecule has 0 atom stereocenters. The summed E-state index contributed by atoms with van der Waals surface area (Å²) in [6.45, 7) is 7.60. The van der Waals surface area contributed by atoms with Gasteiger partial charge in [0.15, 0.2) is 15.8 Å². The fourth-order valence-electron chi connectivity index (χ4n) is 3.08. The van der Waals surface area contributed by atoms with Crippen molar-refractivity contribution in [3.05, 3.63) is 48.3 Å². The predicted octanol–water partition coefficient (Wildman–Crippen LogP) is 1.85. The summed E-state index contributed by atoms with van der Waals surface area (Å²) >= 11 is 0. The molecule has 0 unspecified atom stereocenters. The van der Waals surface area contributed by atoms with Gasteiger partial charge in [0, 0.05) is 25.8 Å². The normalized spacial score (nSPS) is 19.1. The van der Waals surface area contributed by atoms with Gasteiger partial charge in [-0.3, -0.25) is 0 Å². The van der Waals surface area contributed by atoms with Crippen LogP contribution in [0.3, 0.4) is 0 Å². The van der Waals surface area contributed by atoms with E-state index in [9.17, 15) is 8.42 Å². The first-order valence-corrected chi connectivity index (χ1v) is 10.8. The van der Waals surface area contributed by atoms with Gasteiger partial charge in [0.1, 0.15) is 0 Å². The lowest BCUT2D eigenvalue weighted by molar-refractivity contribution is 0.353. The number of nitrogens with one attached hydrogen (secondary N) is 1. The van der Waals surface area contributed by atoms with Crippen LogP contribution in [0.4, 0.5) is 0 Å². The molecule has 146 valence electrons. The van der Waals surface area contributed by atoms with Crippen LogP contribution in [-0.2, 0) is 16.4 Å². The Balaban J connectivity index is 1.74. The molecule has 0 amide bonds. The van der Waals surface area contributed by atoms with Crippen LogP contribution in [0.2, 0.25) is 0 Å². The standard InChI is InChI=1S/C19H27N5O2S/c1-4-20-18(23-12-13-27(25,26)19(2,3)15-23)21-14-16-10-11-24(22-16)17-8-6-5-7-9-17/h5-11H,4,12-15H2,1-3H3,(H,20,21). The highest BCUT2D eigenvalue weighted by atomic mass is 32.2. The van der Waals surface area contributed by atoms with E-state index in [4.69, 9.17) is 0 Å². The van der Waals surface area contributed by atoms with Crippen LogP contribution in [0, 0.1) is 0 Å². The monoisotopic (exact) mass is 389 g/mol. The molecule has 1 N–H and O–H groups in total. The molecule has 2 heterocycles. The van der Waals surface area contributed by atoms with E-state index >= 15 is 0 Å². The Hall–Kier alpha value is -2.35. The molecule has 2 aromatic rings. The number of benzene rings is 1. The lowest BCUT2D eigenvalue weighted by atomic mass is 10.2. The zero-order chi connectivity index (χ0) is 19.5. The smallest absolute Gasteiger partial charge is 0.194 e. The number of nitrogens with zero attached hydrogens (tertiary/aromatic N) is 4. The first-order valence-electron chi connectivity index (χ1n) is 9.18. The van der Waals surface area contributed by atoms with Crippen molar-refractivity contribution in [1.82, 2.24) is 20.0 Å². The van der Waals surface area contributed by atoms with Crippen molar-refractivity contribution < 1.29 is 8.42 Å². The summed E-state index contributed by atoms with van der Waals surface area (Å²) in [5.41, 5.74) is 1.86. The van der Waals surface area contributed by atoms with E-state index in [1.165, 1.54) is 0 Å². The Kier molecular flexibility index (Phi) is 5.55. The molecular weight excluding hydrogens is 362 g/mol. The van der Waals surface area contributed by atoms with Crippen LogP contribution >= 0.6 is 0 Å². The number of guanidine groups is 1. The summed E-state index contributed by atoms with van der Waals surface area (Å²) in [7, 11) is -3.08. The number of para-hydroxylation sites is 1. The third-order valence-electron chi connectivity index (χ3n) is 4.73. The Bertz CT molecular complexity index is 903. The van der Waals surface area contributed by atoms with Crippen LogP contribution in [0.15, 0.2) is 47.6 Å². The second-order valence-electron chi connectivity index (χ2n) is 7.26. The maximum atomic E-state index is 12.2. The largest absolute Gasteiger partial charge is 0.357 e. The van der Waals surface area contributed by atoms with Crippen molar-refractivity contribution in [1.29, 1.82) is 0 Å². The van der Waals surface area contributed by atoms with Gasteiger partial charge in [-0.2, -0.15) is 5.10 Å². The topological polar surface area (TPSA) is 79.6 Å². The third kappa shape index (κ3) is 4.32. The lowest BCUT2D eigenvalue weighted by Crippen LogP contribution is -2.57. The van der Waals surface area contributed by atoms with Crippen molar-refractivity contribution in [2.24, 2.45) is 4.99 Å². The van der Waals surface area contributed by atoms with Crippen LogP contribution in [0.1, 0.15) is 26.5 Å². The van der Waals surface area contributed by atoms with Gasteiger partial charge in [-0.1, -0.05) is 18.2 Å². The average molecular weight is 390 g/mol. The van der Waals surface area contributed by atoms with Gasteiger partial charge in [0.2, 0.25) is 0 Å². The van der Waals surface area contributed by atoms with Gasteiger partial charge in [-0.05, 0) is 39.0 Å². The zero-order valence-corrected chi connectivity index (χ0v) is 16.9. The maximum absolute atomic E-state index is 12.2. The molecule has 1 aliphatic heterocycles. The summed E-state index contributed by atoms with van der Waals surface area (Å²) in [6, 6.07) is 11.9. The summed E-state index contributed by atoms with van der Waals surface area (Å²) in [5.74, 6) is 0.877. The number of hydrogen-bond acceptors (Lipinski definition) is 4. The van der Waals surface area contributed by atoms with Crippen LogP contribution < -0.4 is 5.32 Å². The Morgan fingerprint density at radius 1 is 1.26 bits per heavy atom. The molecule has 27 heavy (non-hydrogen) atoms. The van der Waals surface area contributed by atoms with Gasteiger partial charge in [-0.15, -0.1) is 0 Å². The molecule has 0 spiro atoms. The van der Waals surface area contributed by atoms with Crippen molar-refractivity contribution in [2.75, 3.05) is 25.4 Å². The molecule has 0 aliphatic carbocycles. The molecule has 8 heteroatoms. The quantitative estimate of drug-likeness (QED) is 0.638. The minimum absolute atomic E-state index is 0.146. The second-order valence-corrected chi connectivity index (χ2v) is 10.0. The first-order chi connectivity index (χ1) is 12.8. The second kappa shape index (κ2) is 7.72. The van der Waals surface area contributed by atoms with E-state index in [2.05, 4.69) is 15.4 Å². The molecule has 3 rings (SSSR count). The summed E-state index contributed by atoms with van der Waals surface area (Å²) in [5, 5.41) is 7.85. The molecule has 1 saturated heterocycles. The summed E-state index contributed by atoms with van der Waals surface area (Å²) in [4.78, 5) is 6.72. The molecule has 0 bridgehead atoms. The molecule has 0 radical (unpaired) electrons. The minimum Gasteiger partial charge on any atom is -0.357 e. The molecule has 1 fully saturated rings. The third-order valence-corrected chi connectivity index (χ3v) is 7.27. The maximum Gasteiger partial charge on any atom is 0.194 e. The highest BCUT2D eigenvalue weighted by Crippen LogP contribution is 2.23. The fraction of sp³-hybridized carbons (Fsp3) is 0.474. The van der Waals surface area contributed by atoms with E-state index in [1.54, 1.807) is 13.8 Å². The van der Waals surface area contributed by atoms with Crippen molar-refractivity contribution in [2.45, 2.75) is 32.1 Å². The van der Waals surface area contributed by atoms with E-state index in [-0.39, 0.29) is 5.75 Å². The number of rotatable bonds is 4. The highest BCUT2D eigenvalue weighted by molar-refractivity contribution is 7.92. The van der Waals surface area contributed by atoms with Crippen molar-refractivity contribution in [3.8, 4) is 5.69 Å². The first kappa shape index (κ1) is 19.4. The van der Waals surface area contributed by atoms with Gasteiger partial charge in [0.05, 0.1) is 28.4 Å². The Morgan fingerprint density at radius 2 is 2.00 bits per heavy atom. The molecule has 0 saturated carbocycles. The van der Waals surface area contributed by atoms with Gasteiger partial charge >= 0.3 is 0 Å². The zero-order valence-electron chi connectivity index (χ0n) is 16.1. The average Bonchev–Trinajstić information content (AvgIpc) is 3.11. The molecular formula is C19H27N5O2S. The summed E-state index contributed by atoms with van der Waals surface area (Å²) in [6.07, 6.45) is 1.92. The summed E-state index contributed by atoms with van der Waals surface area (Å²) < 4.78 is 25.5. The fourth-order valence-corrected chi connectivity index (χ4v) is 4.44. The predicted molar refractivity (Wildman–Crippen MR) is 108 cm³/mol. The molecule has 1 aliphatic rings. The number of sulfone groups is 1. The van der Waals surface area contributed by atoms with Gasteiger partial charge < -0.3 is 10.2 Å². The number of aliphatic imine (C=N–C) groups is 1. The minimum atomic E-state index is -3.08. The van der Waals surface area contributed by atoms with Crippen LogP contribution in [0.5, 0.6) is 0 Å². The SMILES string of the molecule is CCNC(=NCc1ccn(-c2ccccc2)n1)N1CCS(=O)(=O)C(C)(C)C1. The molecule has 1 aromatic carbocycles. The van der Waals surface area contributed by atoms with Crippen LogP contribution in [0.25, 0.3) is 5.69 Å². The van der Waals surface area contributed by atoms with E-state index in [1.807, 2.05) is 59.1 Å².